The number of nitrogens with one attached hydrogen (secondary N) is 2. The first-order chi connectivity index (χ1) is 30.7. The van der Waals surface area contributed by atoms with Gasteiger partial charge in [0.1, 0.15) is 62.5 Å². The molecule has 0 saturated heterocycles. The Balaban J connectivity index is 0.000000356. The zero-order valence-electron chi connectivity index (χ0n) is 42.1. The number of phenols is 1. The molecular formula is C49H76N2O12P2Si. The molecule has 0 bridgehead atoms. The van der Waals surface area contributed by atoms with E-state index in [9.17, 15) is 33.4 Å². The first-order valence-corrected chi connectivity index (χ1v) is 31.4. The van der Waals surface area contributed by atoms with Crippen LogP contribution in [-0.4, -0.2) is 94.6 Å². The van der Waals surface area contributed by atoms with Crippen LogP contribution in [-0.2, 0) is 76.6 Å². The first kappa shape index (κ1) is 56.3. The third-order valence-electron chi connectivity index (χ3n) is 11.7. The van der Waals surface area contributed by atoms with Gasteiger partial charge in [0.2, 0.25) is 0 Å². The molecule has 3 N–H and O–H groups in total. The van der Waals surface area contributed by atoms with Gasteiger partial charge in [-0.05, 0) is 109 Å². The summed E-state index contributed by atoms with van der Waals surface area (Å²) in [6, 6.07) is -0.309. The summed E-state index contributed by atoms with van der Waals surface area (Å²) in [5.41, 5.74) is 10.3. The lowest BCUT2D eigenvalue weighted by Crippen LogP contribution is -2.33. The normalized spacial score (nSPS) is 16.4. The zero-order valence-corrected chi connectivity index (χ0v) is 44.9. The van der Waals surface area contributed by atoms with Crippen LogP contribution in [0.5, 0.6) is 11.5 Å². The third kappa shape index (κ3) is 15.3. The number of ether oxygens (including phenoxy) is 5. The van der Waals surface area contributed by atoms with Gasteiger partial charge < -0.3 is 37.9 Å². The van der Waals surface area contributed by atoms with Gasteiger partial charge in [-0.15, -0.1) is 0 Å². The molecule has 4 atom stereocenters. The minimum atomic E-state index is -2.82. The first-order valence-electron chi connectivity index (χ1n) is 23.1. The number of esters is 4. The monoisotopic (exact) mass is 974 g/mol. The van der Waals surface area contributed by atoms with Crippen LogP contribution in [0.4, 0.5) is 0 Å². The summed E-state index contributed by atoms with van der Waals surface area (Å²) in [5.74, 6) is -1.03. The van der Waals surface area contributed by atoms with Gasteiger partial charge in [0.25, 0.3) is 0 Å². The van der Waals surface area contributed by atoms with Crippen molar-refractivity contribution in [3.05, 3.63) is 78.9 Å². The number of carbonyl (C=O) groups is 4. The molecule has 0 saturated carbocycles. The summed E-state index contributed by atoms with van der Waals surface area (Å²) in [5, 5.41) is 16.6. The molecule has 66 heavy (non-hydrogen) atoms. The minimum absolute atomic E-state index is 0.0206. The van der Waals surface area contributed by atoms with Crippen molar-refractivity contribution in [2.45, 2.75) is 146 Å². The smallest absolute Gasteiger partial charge is 0.342 e. The van der Waals surface area contributed by atoms with Crippen LogP contribution in [0.25, 0.3) is 0 Å². The molecule has 2 aromatic rings. The number of phenolic OH excluding ortho intramolecular Hbond substituents is 1. The van der Waals surface area contributed by atoms with Gasteiger partial charge in [-0.25, -0.2) is 9.59 Å². The molecule has 0 radical (unpaired) electrons. The van der Waals surface area contributed by atoms with Gasteiger partial charge in [0.15, 0.2) is 0 Å². The topological polar surface area (TPSA) is 193 Å². The highest BCUT2D eigenvalue weighted by atomic mass is 31.2. The second kappa shape index (κ2) is 24.3. The van der Waals surface area contributed by atoms with Crippen LogP contribution < -0.4 is 14.9 Å². The Morgan fingerprint density at radius 3 is 1.56 bits per heavy atom. The fraction of sp³-hybridized carbons (Fsp3) is 0.592. The molecule has 0 fully saturated rings. The number of cyclic esters (lactones) is 2. The molecule has 17 heteroatoms. The summed E-state index contributed by atoms with van der Waals surface area (Å²) in [6.07, 6.45) is 7.08. The number of fused-ring (bicyclic) bond motifs is 2. The van der Waals surface area contributed by atoms with Crippen molar-refractivity contribution in [2.24, 2.45) is 0 Å². The fourth-order valence-corrected chi connectivity index (χ4v) is 13.4. The maximum atomic E-state index is 13.2. The predicted molar refractivity (Wildman–Crippen MR) is 265 cm³/mol. The summed E-state index contributed by atoms with van der Waals surface area (Å²) < 4.78 is 52.9. The van der Waals surface area contributed by atoms with Gasteiger partial charge >= 0.3 is 23.9 Å². The standard InChI is InChI=1S/C27H44NO6PSi.C22H32NO6P/c1-10-21-19(4)23-16-34-27(30)24(23)25(33-14-15-36(7,8)9)22(21)13-12-18(3)17-35(6,31)28-20(5)26(29)32-11-2;1-7-16-14(4)18-11-29-22(26)19(18)20(24)17(16)10-9-13(3)12-30(6,27)23-15(5)21(25)28-8-2/h12,20H,10-11,13-17H2,1-9H3,(H,28,31);9,15,24H,7-8,10-12H2,1-6H3,(H,23,27)/b18-12+;13-9+/t20-,35?;15-,30?/m00/s1. The van der Waals surface area contributed by atoms with E-state index >= 15 is 0 Å². The molecule has 14 nitrogen and oxygen atoms in total. The van der Waals surface area contributed by atoms with Gasteiger partial charge in [-0.3, -0.25) is 19.8 Å². The Bertz CT molecular complexity index is 2300. The van der Waals surface area contributed by atoms with E-state index in [2.05, 4.69) is 42.8 Å². The molecule has 0 spiro atoms. The average Bonchev–Trinajstić information content (AvgIpc) is 3.80. The van der Waals surface area contributed by atoms with Crippen molar-refractivity contribution in [1.29, 1.82) is 0 Å². The summed E-state index contributed by atoms with van der Waals surface area (Å²) in [6.45, 7) is 30.4. The highest BCUT2D eigenvalue weighted by Crippen LogP contribution is 2.43. The Morgan fingerprint density at radius 1 is 0.727 bits per heavy atom. The highest BCUT2D eigenvalue weighted by Gasteiger charge is 2.34. The van der Waals surface area contributed by atoms with Crippen LogP contribution >= 0.6 is 14.6 Å². The summed E-state index contributed by atoms with van der Waals surface area (Å²) in [7, 11) is -6.96. The van der Waals surface area contributed by atoms with Crippen molar-refractivity contribution in [2.75, 3.05) is 45.5 Å². The van der Waals surface area contributed by atoms with E-state index in [-0.39, 0.29) is 49.9 Å². The van der Waals surface area contributed by atoms with Crippen molar-refractivity contribution >= 4 is 46.5 Å². The Hall–Kier alpha value is -4.00. The number of carbonyl (C=O) groups excluding carboxylic acids is 4. The fourth-order valence-electron chi connectivity index (χ4n) is 8.47. The van der Waals surface area contributed by atoms with Crippen molar-refractivity contribution in [3.63, 3.8) is 0 Å². The Morgan fingerprint density at radius 2 is 1.14 bits per heavy atom. The van der Waals surface area contributed by atoms with E-state index in [1.807, 2.05) is 40.7 Å². The number of hydrogen-bond donors (Lipinski definition) is 3. The molecule has 4 rings (SSSR count). The Labute approximate surface area is 394 Å². The van der Waals surface area contributed by atoms with E-state index in [0.717, 1.165) is 57.0 Å². The SMILES string of the molecule is CCOC(=O)[C@H](C)NP(C)(=O)C/C(C)=C/Cc1c(CC)c(C)c2c(c1OCC[Si](C)(C)C)C(=O)OC2.CCOC(=O)[C@H](C)NP(C)(=O)C/C(C)=C/Cc1c(O)c2c(c(C)c1CC)COC2=O. The van der Waals surface area contributed by atoms with Gasteiger partial charge in [0.05, 0.1) is 19.8 Å². The predicted octanol–water partition coefficient (Wildman–Crippen LogP) is 9.75. The molecule has 0 amide bonds. The second-order valence-electron chi connectivity index (χ2n) is 18.8. The Kier molecular flexibility index (Phi) is 20.8. The maximum Gasteiger partial charge on any atom is 0.342 e. The second-order valence-corrected chi connectivity index (χ2v) is 30.0. The minimum Gasteiger partial charge on any atom is -0.507 e. The number of rotatable bonds is 22. The van der Waals surface area contributed by atoms with E-state index in [1.54, 1.807) is 41.0 Å². The van der Waals surface area contributed by atoms with Gasteiger partial charge in [0, 0.05) is 56.0 Å². The van der Waals surface area contributed by atoms with Gasteiger partial charge in [-0.2, -0.15) is 0 Å². The maximum absolute atomic E-state index is 13.2. The lowest BCUT2D eigenvalue weighted by Gasteiger charge is -2.22. The van der Waals surface area contributed by atoms with Crippen LogP contribution in [0.2, 0.25) is 25.7 Å². The van der Waals surface area contributed by atoms with Crippen LogP contribution in [0.3, 0.4) is 0 Å². The molecule has 2 aromatic carbocycles. The van der Waals surface area contributed by atoms with Gasteiger partial charge in [-0.1, -0.05) is 56.8 Å². The quantitative estimate of drug-likeness (QED) is 0.0332. The van der Waals surface area contributed by atoms with Crippen molar-refractivity contribution in [1.82, 2.24) is 10.2 Å². The van der Waals surface area contributed by atoms with Crippen LogP contribution in [0, 0.1) is 13.8 Å². The average molecular weight is 975 g/mol. The van der Waals surface area contributed by atoms with Crippen LogP contribution in [0.1, 0.15) is 121 Å². The molecule has 2 aliphatic heterocycles. The third-order valence-corrected chi connectivity index (χ3v) is 17.5. The summed E-state index contributed by atoms with van der Waals surface area (Å²) in [4.78, 5) is 48.5. The lowest BCUT2D eigenvalue weighted by molar-refractivity contribution is -0.145. The van der Waals surface area contributed by atoms with E-state index < -0.39 is 52.7 Å². The van der Waals surface area contributed by atoms with E-state index in [1.165, 1.54) is 5.56 Å². The molecule has 0 aromatic heterocycles. The number of benzene rings is 2. The molecule has 0 aliphatic carbocycles. The number of hydrogen-bond acceptors (Lipinski definition) is 12. The van der Waals surface area contributed by atoms with Crippen molar-refractivity contribution < 1.29 is 57.1 Å². The molecular weight excluding hydrogens is 899 g/mol. The molecule has 2 unspecified atom stereocenters. The lowest BCUT2D eigenvalue weighted by atomic mass is 9.89. The molecule has 368 valence electrons. The van der Waals surface area contributed by atoms with Crippen molar-refractivity contribution in [3.8, 4) is 11.5 Å². The largest absolute Gasteiger partial charge is 0.507 e. The zero-order chi connectivity index (χ0) is 49.9. The highest BCUT2D eigenvalue weighted by molar-refractivity contribution is 7.61. The number of aromatic hydroxyl groups is 1. The number of allylic oxidation sites excluding steroid dienone is 4. The van der Waals surface area contributed by atoms with E-state index in [4.69, 9.17) is 23.7 Å². The van der Waals surface area contributed by atoms with Crippen LogP contribution in [0.15, 0.2) is 23.3 Å². The van der Waals surface area contributed by atoms with E-state index in [0.29, 0.717) is 48.9 Å². The summed E-state index contributed by atoms with van der Waals surface area (Å²) >= 11 is 0. The molecule has 2 aliphatic rings. The molecule has 2 heterocycles.